The first-order valence-electron chi connectivity index (χ1n) is 7.49. The Balaban J connectivity index is 2.06. The highest BCUT2D eigenvalue weighted by Crippen LogP contribution is 2.29. The van der Waals surface area contributed by atoms with Gasteiger partial charge in [0.1, 0.15) is 8.64 Å². The normalized spacial score (nSPS) is 10.2. The van der Waals surface area contributed by atoms with E-state index in [1.54, 1.807) is 10.8 Å². The third-order valence-electron chi connectivity index (χ3n) is 3.24. The average molecular weight is 393 g/mol. The molecular weight excluding hydrogens is 372 g/mol. The predicted octanol–water partition coefficient (Wildman–Crippen LogP) is 5.20. The van der Waals surface area contributed by atoms with E-state index in [9.17, 15) is 0 Å². The van der Waals surface area contributed by atoms with Crippen LogP contribution < -0.4 is 0 Å². The first-order chi connectivity index (χ1) is 11.6. The highest BCUT2D eigenvalue weighted by atomic mass is 33.1. The summed E-state index contributed by atoms with van der Waals surface area (Å²) in [7, 11) is 6.98. The van der Waals surface area contributed by atoms with E-state index >= 15 is 0 Å². The molecular formula is C18H20N2S4. The van der Waals surface area contributed by atoms with Gasteiger partial charge in [-0.2, -0.15) is 0 Å². The van der Waals surface area contributed by atoms with Gasteiger partial charge in [-0.15, -0.1) is 0 Å². The highest BCUT2D eigenvalue weighted by molar-refractivity contribution is 8.89. The molecule has 0 amide bonds. The minimum atomic E-state index is 0.789. The Morgan fingerprint density at radius 1 is 0.750 bits per heavy atom. The molecule has 0 saturated carbocycles. The minimum absolute atomic E-state index is 0.789. The van der Waals surface area contributed by atoms with Gasteiger partial charge in [0, 0.05) is 27.2 Å². The van der Waals surface area contributed by atoms with Gasteiger partial charge in [-0.25, -0.2) is 0 Å². The topological polar surface area (TPSA) is 6.48 Å². The molecule has 24 heavy (non-hydrogen) atoms. The lowest BCUT2D eigenvalue weighted by Gasteiger charge is -2.25. The van der Waals surface area contributed by atoms with Gasteiger partial charge < -0.3 is 9.80 Å². The summed E-state index contributed by atoms with van der Waals surface area (Å²) >= 11 is 11.0. The number of thiocarbonyl (C=S) groups is 2. The predicted molar refractivity (Wildman–Crippen MR) is 116 cm³/mol. The van der Waals surface area contributed by atoms with Crippen molar-refractivity contribution in [3.63, 3.8) is 0 Å². The van der Waals surface area contributed by atoms with Crippen molar-refractivity contribution in [3.8, 4) is 0 Å². The van der Waals surface area contributed by atoms with Crippen LogP contribution in [0.1, 0.15) is 11.1 Å². The van der Waals surface area contributed by atoms with Crippen LogP contribution in [0, 0.1) is 0 Å². The van der Waals surface area contributed by atoms with E-state index < -0.39 is 0 Å². The van der Waals surface area contributed by atoms with E-state index in [1.807, 2.05) is 31.1 Å². The summed E-state index contributed by atoms with van der Waals surface area (Å²) in [6.45, 7) is 1.58. The van der Waals surface area contributed by atoms with E-state index in [-0.39, 0.29) is 0 Å². The zero-order chi connectivity index (χ0) is 17.4. The zero-order valence-electron chi connectivity index (χ0n) is 13.7. The molecule has 2 nitrogen and oxygen atoms in total. The molecule has 0 heterocycles. The fourth-order valence-electron chi connectivity index (χ4n) is 1.99. The Morgan fingerprint density at radius 3 is 1.58 bits per heavy atom. The van der Waals surface area contributed by atoms with Crippen LogP contribution in [-0.2, 0) is 13.1 Å². The van der Waals surface area contributed by atoms with Gasteiger partial charge in [0.05, 0.1) is 0 Å². The summed E-state index contributed by atoms with van der Waals surface area (Å²) in [5.74, 6) is 0. The van der Waals surface area contributed by atoms with Crippen LogP contribution in [0.15, 0.2) is 60.7 Å². The van der Waals surface area contributed by atoms with Crippen molar-refractivity contribution in [2.45, 2.75) is 13.1 Å². The van der Waals surface area contributed by atoms with Crippen molar-refractivity contribution in [3.05, 3.63) is 71.8 Å². The molecule has 2 rings (SSSR count). The molecule has 0 N–H and O–H groups in total. The highest BCUT2D eigenvalue weighted by Gasteiger charge is 2.14. The lowest BCUT2D eigenvalue weighted by molar-refractivity contribution is 0.421. The maximum Gasteiger partial charge on any atom is 0.148 e. The maximum absolute atomic E-state index is 5.67. The average Bonchev–Trinajstić information content (AvgIpc) is 2.60. The van der Waals surface area contributed by atoms with E-state index in [4.69, 9.17) is 24.4 Å². The molecule has 0 aliphatic carbocycles. The smallest absolute Gasteiger partial charge is 0.148 e. The van der Waals surface area contributed by atoms with Gasteiger partial charge in [-0.05, 0) is 32.7 Å². The van der Waals surface area contributed by atoms with Crippen LogP contribution in [0.2, 0.25) is 0 Å². The molecule has 126 valence electrons. The second kappa shape index (κ2) is 10.0. The molecule has 2 aromatic rings. The third kappa shape index (κ3) is 6.43. The van der Waals surface area contributed by atoms with Crippen molar-refractivity contribution in [1.82, 2.24) is 9.80 Å². The Bertz CT molecular complexity index is 618. The van der Waals surface area contributed by atoms with E-state index in [1.165, 1.54) is 21.9 Å². The van der Waals surface area contributed by atoms with E-state index in [0.717, 1.165) is 21.7 Å². The van der Waals surface area contributed by atoms with Gasteiger partial charge in [0.25, 0.3) is 0 Å². The molecule has 6 heteroatoms. The molecule has 0 bridgehead atoms. The van der Waals surface area contributed by atoms with Crippen LogP contribution in [-0.4, -0.2) is 32.5 Å². The molecule has 0 aliphatic heterocycles. The molecule has 0 atom stereocenters. The Kier molecular flexibility index (Phi) is 8.05. The third-order valence-corrected chi connectivity index (χ3v) is 7.19. The molecule has 0 fully saturated rings. The largest absolute Gasteiger partial charge is 0.363 e. The van der Waals surface area contributed by atoms with Crippen LogP contribution in [0.3, 0.4) is 0 Å². The van der Waals surface area contributed by atoms with Gasteiger partial charge in [0.15, 0.2) is 0 Å². The van der Waals surface area contributed by atoms with E-state index in [2.05, 4.69) is 53.4 Å². The van der Waals surface area contributed by atoms with Crippen molar-refractivity contribution in [2.75, 3.05) is 14.1 Å². The van der Waals surface area contributed by atoms with Crippen LogP contribution in [0.25, 0.3) is 0 Å². The maximum atomic E-state index is 5.67. The molecule has 0 aliphatic rings. The number of benzene rings is 2. The Labute approximate surface area is 163 Å². The monoisotopic (exact) mass is 392 g/mol. The molecule has 0 radical (unpaired) electrons. The molecule has 2 aromatic carbocycles. The van der Waals surface area contributed by atoms with Crippen molar-refractivity contribution in [2.24, 2.45) is 0 Å². The van der Waals surface area contributed by atoms with Gasteiger partial charge in [0.2, 0.25) is 0 Å². The van der Waals surface area contributed by atoms with Crippen molar-refractivity contribution < 1.29 is 0 Å². The number of rotatable bonds is 4. The van der Waals surface area contributed by atoms with Gasteiger partial charge in [-0.1, -0.05) is 85.1 Å². The summed E-state index contributed by atoms with van der Waals surface area (Å²) in [5.41, 5.74) is 2.49. The van der Waals surface area contributed by atoms with Crippen LogP contribution in [0.5, 0.6) is 0 Å². The Morgan fingerprint density at radius 2 is 1.17 bits per heavy atom. The fraction of sp³-hybridized carbons (Fsp3) is 0.222. The first kappa shape index (κ1) is 19.2. The molecule has 0 saturated heterocycles. The number of hydrogen-bond acceptors (Lipinski definition) is 4. The lowest BCUT2D eigenvalue weighted by Crippen LogP contribution is -2.26. The second-order valence-corrected chi connectivity index (χ2v) is 8.82. The van der Waals surface area contributed by atoms with Crippen molar-refractivity contribution >= 4 is 54.7 Å². The fourth-order valence-corrected chi connectivity index (χ4v) is 4.45. The molecule has 0 spiro atoms. The van der Waals surface area contributed by atoms with Crippen LogP contribution in [0.4, 0.5) is 0 Å². The summed E-state index contributed by atoms with van der Waals surface area (Å²) < 4.78 is 1.67. The standard InChI is InChI=1S/C18H20N2S4/c1-19(2)17(21)23-24-18(22)20(13-15-9-5-3-6-10-15)14-16-11-7-4-8-12-16/h3-12H,13-14H2,1-2H3. The minimum Gasteiger partial charge on any atom is -0.363 e. The quantitative estimate of drug-likeness (QED) is 0.517. The second-order valence-electron chi connectivity index (χ2n) is 5.42. The van der Waals surface area contributed by atoms with Crippen molar-refractivity contribution in [1.29, 1.82) is 0 Å². The van der Waals surface area contributed by atoms with Gasteiger partial charge >= 0.3 is 0 Å². The lowest BCUT2D eigenvalue weighted by atomic mass is 10.2. The van der Waals surface area contributed by atoms with Crippen LogP contribution >= 0.6 is 46.0 Å². The summed E-state index contributed by atoms with van der Waals surface area (Å²) in [5, 5.41) is 0. The zero-order valence-corrected chi connectivity index (χ0v) is 17.0. The number of hydrogen-bond donors (Lipinski definition) is 0. The summed E-state index contributed by atoms with van der Waals surface area (Å²) in [6.07, 6.45) is 0. The summed E-state index contributed by atoms with van der Waals surface area (Å²) in [6, 6.07) is 20.8. The van der Waals surface area contributed by atoms with Gasteiger partial charge in [-0.3, -0.25) is 0 Å². The number of nitrogens with zero attached hydrogens (tertiary/aromatic N) is 2. The SMILES string of the molecule is CN(C)C(=S)SSC(=S)N(Cc1ccccc1)Cc1ccccc1. The summed E-state index contributed by atoms with van der Waals surface area (Å²) in [4.78, 5) is 4.14. The Hall–Kier alpha value is -1.08. The van der Waals surface area contributed by atoms with E-state index in [0.29, 0.717) is 0 Å². The first-order valence-corrected chi connectivity index (χ1v) is 10.5. The molecule has 0 aromatic heterocycles. The molecule has 0 unspecified atom stereocenters.